The molecule has 1 aliphatic heterocycles. The fourth-order valence-corrected chi connectivity index (χ4v) is 2.07. The maximum absolute atomic E-state index is 12.0. The third kappa shape index (κ3) is 3.84. The van der Waals surface area contributed by atoms with E-state index in [9.17, 15) is 9.59 Å². The van der Waals surface area contributed by atoms with E-state index in [1.54, 1.807) is 11.0 Å². The first-order valence-corrected chi connectivity index (χ1v) is 6.32. The number of hydrogen-bond acceptors (Lipinski definition) is 3. The van der Waals surface area contributed by atoms with Gasteiger partial charge >= 0.3 is 0 Å². The molecule has 102 valence electrons. The molecular weight excluding hydrogens is 230 g/mol. The van der Waals surface area contributed by atoms with Crippen molar-refractivity contribution in [2.24, 2.45) is 5.73 Å². The molecule has 0 saturated carbocycles. The van der Waals surface area contributed by atoms with E-state index in [2.05, 4.69) is 5.32 Å². The molecule has 5 heteroatoms. The van der Waals surface area contributed by atoms with Gasteiger partial charge in [0.25, 0.3) is 0 Å². The van der Waals surface area contributed by atoms with Crippen LogP contribution in [0.15, 0.2) is 11.6 Å². The molecule has 0 aromatic heterocycles. The Balaban J connectivity index is 2.79. The minimum Gasteiger partial charge on any atom is -0.352 e. The van der Waals surface area contributed by atoms with Crippen LogP contribution in [0.4, 0.5) is 0 Å². The average Bonchev–Trinajstić information content (AvgIpc) is 2.58. The van der Waals surface area contributed by atoms with Gasteiger partial charge in [-0.05, 0) is 34.1 Å². The van der Waals surface area contributed by atoms with Crippen LogP contribution in [-0.4, -0.2) is 41.4 Å². The van der Waals surface area contributed by atoms with Crippen molar-refractivity contribution in [3.8, 4) is 0 Å². The number of nitrogens with one attached hydrogen (secondary N) is 1. The molecule has 1 aliphatic rings. The molecule has 2 amide bonds. The minimum atomic E-state index is -0.439. The average molecular weight is 253 g/mol. The van der Waals surface area contributed by atoms with Crippen LogP contribution in [0.3, 0.4) is 0 Å². The Morgan fingerprint density at radius 1 is 1.39 bits per heavy atom. The van der Waals surface area contributed by atoms with E-state index in [-0.39, 0.29) is 23.9 Å². The van der Waals surface area contributed by atoms with Gasteiger partial charge in [-0.1, -0.05) is 5.57 Å². The highest BCUT2D eigenvalue weighted by molar-refractivity contribution is 5.94. The first-order chi connectivity index (χ1) is 8.31. The summed E-state index contributed by atoms with van der Waals surface area (Å²) in [5.74, 6) is -0.250. The second-order valence-corrected chi connectivity index (χ2v) is 5.39. The van der Waals surface area contributed by atoms with Gasteiger partial charge in [0.1, 0.15) is 6.04 Å². The number of likely N-dealkylation sites (tertiary alicyclic amines) is 1. The molecule has 0 bridgehead atoms. The van der Waals surface area contributed by atoms with Crippen LogP contribution in [-0.2, 0) is 9.59 Å². The van der Waals surface area contributed by atoms with E-state index in [1.807, 2.05) is 27.7 Å². The lowest BCUT2D eigenvalue weighted by molar-refractivity contribution is -0.135. The molecule has 18 heavy (non-hydrogen) atoms. The molecule has 3 N–H and O–H groups in total. The molecule has 0 unspecified atom stereocenters. The third-order valence-corrected chi connectivity index (χ3v) is 2.76. The Kier molecular flexibility index (Phi) is 4.90. The maximum atomic E-state index is 12.0. The number of carbonyl (C=O) groups is 2. The monoisotopic (exact) mass is 253 g/mol. The third-order valence-electron chi connectivity index (χ3n) is 2.76. The van der Waals surface area contributed by atoms with E-state index in [0.717, 1.165) is 5.57 Å². The summed E-state index contributed by atoms with van der Waals surface area (Å²) < 4.78 is 0. The van der Waals surface area contributed by atoms with Gasteiger partial charge in [0.2, 0.25) is 11.8 Å². The van der Waals surface area contributed by atoms with Crippen LogP contribution >= 0.6 is 0 Å². The van der Waals surface area contributed by atoms with Crippen molar-refractivity contribution in [2.45, 2.75) is 52.2 Å². The zero-order valence-corrected chi connectivity index (χ0v) is 11.6. The zero-order valence-electron chi connectivity index (χ0n) is 11.6. The smallest absolute Gasteiger partial charge is 0.247 e. The van der Waals surface area contributed by atoms with Crippen molar-refractivity contribution in [1.82, 2.24) is 10.2 Å². The summed E-state index contributed by atoms with van der Waals surface area (Å²) >= 11 is 0. The van der Waals surface area contributed by atoms with Crippen molar-refractivity contribution in [2.75, 3.05) is 6.54 Å². The Bertz CT molecular complexity index is 359. The molecule has 2 atom stereocenters. The Labute approximate surface area is 108 Å². The number of hydrogen-bond donors (Lipinski definition) is 2. The molecule has 0 aromatic rings. The molecule has 0 aromatic carbocycles. The lowest BCUT2D eigenvalue weighted by atomic mass is 10.1. The van der Waals surface area contributed by atoms with Crippen LogP contribution < -0.4 is 11.1 Å². The summed E-state index contributed by atoms with van der Waals surface area (Å²) in [6.45, 7) is 7.96. The summed E-state index contributed by atoms with van der Waals surface area (Å²) in [5, 5.41) is 2.83. The standard InChI is InChI=1S/C13H23N3O2/c1-8(2)5-12(17)16-7-10(14)6-11(16)13(18)15-9(3)4/h5,9-11H,6-7,14H2,1-4H3,(H,15,18)/t10-,11-/m0/s1. The molecule has 1 rings (SSSR count). The van der Waals surface area contributed by atoms with E-state index >= 15 is 0 Å². The number of amides is 2. The highest BCUT2D eigenvalue weighted by atomic mass is 16.2. The second kappa shape index (κ2) is 6.00. The van der Waals surface area contributed by atoms with Gasteiger partial charge in [-0.3, -0.25) is 9.59 Å². The van der Waals surface area contributed by atoms with Gasteiger partial charge < -0.3 is 16.0 Å². The van der Waals surface area contributed by atoms with Gasteiger partial charge in [0, 0.05) is 24.7 Å². The topological polar surface area (TPSA) is 75.4 Å². The fraction of sp³-hybridized carbons (Fsp3) is 0.692. The van der Waals surface area contributed by atoms with Crippen LogP contribution in [0.25, 0.3) is 0 Å². The number of allylic oxidation sites excluding steroid dienone is 1. The first-order valence-electron chi connectivity index (χ1n) is 6.32. The van der Waals surface area contributed by atoms with Crippen LogP contribution in [0.1, 0.15) is 34.1 Å². The summed E-state index contributed by atoms with van der Waals surface area (Å²) in [6.07, 6.45) is 2.08. The van der Waals surface area contributed by atoms with Crippen LogP contribution in [0, 0.1) is 0 Å². The molecule has 1 saturated heterocycles. The highest BCUT2D eigenvalue weighted by Crippen LogP contribution is 2.18. The Hall–Kier alpha value is -1.36. The molecule has 0 aliphatic carbocycles. The molecule has 5 nitrogen and oxygen atoms in total. The van der Waals surface area contributed by atoms with Gasteiger partial charge in [-0.25, -0.2) is 0 Å². The van der Waals surface area contributed by atoms with Crippen molar-refractivity contribution < 1.29 is 9.59 Å². The summed E-state index contributed by atoms with van der Waals surface area (Å²) in [7, 11) is 0. The molecule has 1 fully saturated rings. The van der Waals surface area contributed by atoms with Gasteiger partial charge in [0.15, 0.2) is 0 Å². The van der Waals surface area contributed by atoms with Gasteiger partial charge in [-0.2, -0.15) is 0 Å². The van der Waals surface area contributed by atoms with Crippen molar-refractivity contribution in [3.63, 3.8) is 0 Å². The normalized spacial score (nSPS) is 23.1. The second-order valence-electron chi connectivity index (χ2n) is 5.39. The zero-order chi connectivity index (χ0) is 13.9. The van der Waals surface area contributed by atoms with Crippen molar-refractivity contribution >= 4 is 11.8 Å². The number of rotatable bonds is 3. The quantitative estimate of drug-likeness (QED) is 0.715. The van der Waals surface area contributed by atoms with Crippen molar-refractivity contribution in [3.05, 3.63) is 11.6 Å². The Morgan fingerprint density at radius 3 is 2.50 bits per heavy atom. The van der Waals surface area contributed by atoms with Crippen LogP contribution in [0.2, 0.25) is 0 Å². The minimum absolute atomic E-state index is 0.0646. The summed E-state index contributed by atoms with van der Waals surface area (Å²) in [5.41, 5.74) is 6.78. The molecule has 0 spiro atoms. The van der Waals surface area contributed by atoms with Crippen LogP contribution in [0.5, 0.6) is 0 Å². The SMILES string of the molecule is CC(C)=CC(=O)N1C[C@@H](N)C[C@H]1C(=O)NC(C)C. The van der Waals surface area contributed by atoms with E-state index in [4.69, 9.17) is 5.73 Å². The largest absolute Gasteiger partial charge is 0.352 e. The molecular formula is C13H23N3O2. The molecule has 0 radical (unpaired) electrons. The summed E-state index contributed by atoms with van der Waals surface area (Å²) in [4.78, 5) is 25.6. The lowest BCUT2D eigenvalue weighted by Crippen LogP contribution is -2.47. The van der Waals surface area contributed by atoms with Gasteiger partial charge in [0.05, 0.1) is 0 Å². The lowest BCUT2D eigenvalue weighted by Gasteiger charge is -2.23. The first kappa shape index (κ1) is 14.7. The fourth-order valence-electron chi connectivity index (χ4n) is 2.07. The Morgan fingerprint density at radius 2 is 2.00 bits per heavy atom. The maximum Gasteiger partial charge on any atom is 0.247 e. The number of carbonyl (C=O) groups excluding carboxylic acids is 2. The number of nitrogens with zero attached hydrogens (tertiary/aromatic N) is 1. The predicted molar refractivity (Wildman–Crippen MR) is 70.8 cm³/mol. The highest BCUT2D eigenvalue weighted by Gasteiger charge is 2.37. The van der Waals surface area contributed by atoms with E-state index in [1.165, 1.54) is 0 Å². The summed E-state index contributed by atoms with van der Waals surface area (Å²) in [6, 6.07) is -0.498. The van der Waals surface area contributed by atoms with Gasteiger partial charge in [-0.15, -0.1) is 0 Å². The van der Waals surface area contributed by atoms with Crippen molar-refractivity contribution in [1.29, 1.82) is 0 Å². The predicted octanol–water partition coefficient (Wildman–Crippen LogP) is 0.405. The van der Waals surface area contributed by atoms with E-state index < -0.39 is 6.04 Å². The number of nitrogens with two attached hydrogens (primary N) is 1. The molecule has 1 heterocycles. The van der Waals surface area contributed by atoms with E-state index in [0.29, 0.717) is 13.0 Å².